The number of benzene rings is 1. The first kappa shape index (κ1) is 15.9. The Hall–Kier alpha value is -1.13. The fraction of sp³-hybridized carbons (Fsp3) is 0.417. The van der Waals surface area contributed by atoms with Crippen molar-refractivity contribution >= 4 is 24.0 Å². The Kier molecular flexibility index (Phi) is 7.50. The number of halogens is 2. The minimum Gasteiger partial charge on any atom is -0.326 e. The van der Waals surface area contributed by atoms with Gasteiger partial charge in [0.25, 0.3) is 0 Å². The van der Waals surface area contributed by atoms with Gasteiger partial charge in [0.15, 0.2) is 0 Å². The number of anilines is 1. The molecule has 0 atom stereocenters. The average Bonchev–Trinajstić information content (AvgIpc) is 2.25. The lowest BCUT2D eigenvalue weighted by Crippen LogP contribution is -2.15. The molecule has 0 unspecified atom stereocenters. The third-order valence-corrected chi connectivity index (χ3v) is 2.37. The first-order valence-electron chi connectivity index (χ1n) is 5.34. The fourth-order valence-corrected chi connectivity index (χ4v) is 1.38. The van der Waals surface area contributed by atoms with E-state index in [4.69, 9.17) is 0 Å². The Balaban J connectivity index is 0.00000256. The zero-order valence-electron chi connectivity index (χ0n) is 10.0. The van der Waals surface area contributed by atoms with Crippen molar-refractivity contribution in [2.75, 3.05) is 18.9 Å². The monoisotopic (exact) mass is 260 g/mol. The van der Waals surface area contributed by atoms with Crippen LogP contribution in [0.4, 0.5) is 10.1 Å². The molecule has 0 aliphatic heterocycles. The van der Waals surface area contributed by atoms with E-state index in [1.807, 2.05) is 7.05 Å². The van der Waals surface area contributed by atoms with Crippen molar-refractivity contribution in [3.63, 3.8) is 0 Å². The molecule has 17 heavy (non-hydrogen) atoms. The number of hydrogen-bond acceptors (Lipinski definition) is 2. The second-order valence-corrected chi connectivity index (χ2v) is 3.67. The van der Waals surface area contributed by atoms with Crippen molar-refractivity contribution in [1.29, 1.82) is 0 Å². The van der Waals surface area contributed by atoms with Gasteiger partial charge in [-0.1, -0.05) is 6.07 Å². The molecule has 1 aromatic rings. The zero-order chi connectivity index (χ0) is 12.0. The maximum Gasteiger partial charge on any atom is 0.224 e. The van der Waals surface area contributed by atoms with Crippen LogP contribution in [0.2, 0.25) is 0 Å². The van der Waals surface area contributed by atoms with E-state index < -0.39 is 0 Å². The number of rotatable bonds is 5. The van der Waals surface area contributed by atoms with E-state index in [1.54, 1.807) is 19.1 Å². The first-order valence-corrected chi connectivity index (χ1v) is 5.34. The highest BCUT2D eigenvalue weighted by Gasteiger charge is 2.06. The van der Waals surface area contributed by atoms with E-state index in [1.165, 1.54) is 6.07 Å². The minimum atomic E-state index is -0.298. The Labute approximate surface area is 107 Å². The lowest BCUT2D eigenvalue weighted by atomic mass is 10.2. The summed E-state index contributed by atoms with van der Waals surface area (Å²) < 4.78 is 13.2. The Morgan fingerprint density at radius 2 is 2.12 bits per heavy atom. The predicted molar refractivity (Wildman–Crippen MR) is 70.2 cm³/mol. The molecule has 1 aromatic carbocycles. The van der Waals surface area contributed by atoms with Gasteiger partial charge in [-0.25, -0.2) is 4.39 Å². The van der Waals surface area contributed by atoms with E-state index in [9.17, 15) is 9.18 Å². The van der Waals surface area contributed by atoms with E-state index in [2.05, 4.69) is 10.6 Å². The molecular formula is C12H18ClFN2O. The summed E-state index contributed by atoms with van der Waals surface area (Å²) in [6, 6.07) is 4.67. The van der Waals surface area contributed by atoms with Crippen molar-refractivity contribution in [2.24, 2.45) is 0 Å². The second-order valence-electron chi connectivity index (χ2n) is 3.67. The lowest BCUT2D eigenvalue weighted by Gasteiger charge is -2.08. The standard InChI is InChI=1S/C12H17FN2O.ClH/c1-9-10(13)5-3-6-11(9)15-12(16)7-4-8-14-2;/h3,5-6,14H,4,7-8H2,1-2H3,(H,15,16);1H. The van der Waals surface area contributed by atoms with E-state index in [-0.39, 0.29) is 24.1 Å². The number of carbonyl (C=O) groups excluding carboxylic acids is 1. The Bertz CT molecular complexity index is 372. The van der Waals surface area contributed by atoms with Gasteiger partial charge < -0.3 is 10.6 Å². The molecule has 0 spiro atoms. The fourth-order valence-electron chi connectivity index (χ4n) is 1.38. The van der Waals surface area contributed by atoms with Gasteiger partial charge in [0, 0.05) is 17.7 Å². The van der Waals surface area contributed by atoms with Gasteiger partial charge >= 0.3 is 0 Å². The van der Waals surface area contributed by atoms with Gasteiger partial charge in [0.05, 0.1) is 0 Å². The van der Waals surface area contributed by atoms with Gasteiger partial charge in [-0.15, -0.1) is 12.4 Å². The number of hydrogen-bond donors (Lipinski definition) is 2. The summed E-state index contributed by atoms with van der Waals surface area (Å²) in [5, 5.41) is 5.67. The number of nitrogens with one attached hydrogen (secondary N) is 2. The molecular weight excluding hydrogens is 243 g/mol. The van der Waals surface area contributed by atoms with Gasteiger partial charge in [-0.05, 0) is 39.1 Å². The maximum absolute atomic E-state index is 13.2. The summed E-state index contributed by atoms with van der Waals surface area (Å²) in [7, 11) is 1.84. The Morgan fingerprint density at radius 3 is 2.76 bits per heavy atom. The van der Waals surface area contributed by atoms with Crippen LogP contribution in [0, 0.1) is 12.7 Å². The topological polar surface area (TPSA) is 41.1 Å². The summed E-state index contributed by atoms with van der Waals surface area (Å²) in [6.45, 7) is 2.45. The highest BCUT2D eigenvalue weighted by atomic mass is 35.5. The van der Waals surface area contributed by atoms with Gasteiger partial charge in [-0.3, -0.25) is 4.79 Å². The van der Waals surface area contributed by atoms with Crippen molar-refractivity contribution in [3.05, 3.63) is 29.6 Å². The normalized spacial score (nSPS) is 9.59. The minimum absolute atomic E-state index is 0. The molecule has 0 aromatic heterocycles. The molecule has 0 saturated heterocycles. The van der Waals surface area contributed by atoms with E-state index in [0.717, 1.165) is 13.0 Å². The van der Waals surface area contributed by atoms with Gasteiger partial charge in [-0.2, -0.15) is 0 Å². The van der Waals surface area contributed by atoms with Gasteiger partial charge in [0.2, 0.25) is 5.91 Å². The summed E-state index contributed by atoms with van der Waals surface area (Å²) in [4.78, 5) is 11.5. The third kappa shape index (κ3) is 5.15. The molecule has 0 bridgehead atoms. The second kappa shape index (κ2) is 8.03. The van der Waals surface area contributed by atoms with Crippen LogP contribution in [-0.4, -0.2) is 19.5 Å². The van der Waals surface area contributed by atoms with E-state index >= 15 is 0 Å². The molecule has 0 radical (unpaired) electrons. The SMILES string of the molecule is CNCCCC(=O)Nc1cccc(F)c1C.Cl. The van der Waals surface area contributed by atoms with Crippen molar-refractivity contribution in [2.45, 2.75) is 19.8 Å². The van der Waals surface area contributed by atoms with Crippen molar-refractivity contribution < 1.29 is 9.18 Å². The molecule has 1 rings (SSSR count). The van der Waals surface area contributed by atoms with Crippen LogP contribution < -0.4 is 10.6 Å². The van der Waals surface area contributed by atoms with Crippen molar-refractivity contribution in [3.8, 4) is 0 Å². The molecule has 1 amide bonds. The lowest BCUT2D eigenvalue weighted by molar-refractivity contribution is -0.116. The van der Waals surface area contributed by atoms with Crippen LogP contribution in [0.3, 0.4) is 0 Å². The predicted octanol–water partition coefficient (Wildman–Crippen LogP) is 2.49. The van der Waals surface area contributed by atoms with Crippen LogP contribution in [0.1, 0.15) is 18.4 Å². The highest BCUT2D eigenvalue weighted by molar-refractivity contribution is 5.91. The summed E-state index contributed by atoms with van der Waals surface area (Å²) >= 11 is 0. The molecule has 0 fully saturated rings. The van der Waals surface area contributed by atoms with Crippen molar-refractivity contribution in [1.82, 2.24) is 5.32 Å². The van der Waals surface area contributed by atoms with E-state index in [0.29, 0.717) is 17.7 Å². The first-order chi connectivity index (χ1) is 7.65. The molecule has 0 aliphatic carbocycles. The molecule has 3 nitrogen and oxygen atoms in total. The van der Waals surface area contributed by atoms with Crippen LogP contribution >= 0.6 is 12.4 Å². The average molecular weight is 261 g/mol. The largest absolute Gasteiger partial charge is 0.326 e. The Morgan fingerprint density at radius 1 is 1.41 bits per heavy atom. The maximum atomic E-state index is 13.2. The third-order valence-electron chi connectivity index (χ3n) is 2.37. The summed E-state index contributed by atoms with van der Waals surface area (Å²) in [6.07, 6.45) is 1.22. The number of carbonyl (C=O) groups is 1. The quantitative estimate of drug-likeness (QED) is 0.799. The van der Waals surface area contributed by atoms with Crippen LogP contribution in [0.5, 0.6) is 0 Å². The molecule has 96 valence electrons. The van der Waals surface area contributed by atoms with Gasteiger partial charge in [0.1, 0.15) is 5.82 Å². The molecule has 5 heteroatoms. The summed E-state index contributed by atoms with van der Waals surface area (Å²) in [5.74, 6) is -0.378. The summed E-state index contributed by atoms with van der Waals surface area (Å²) in [5.41, 5.74) is 1.03. The van der Waals surface area contributed by atoms with Crippen LogP contribution in [-0.2, 0) is 4.79 Å². The smallest absolute Gasteiger partial charge is 0.224 e. The van der Waals surface area contributed by atoms with Crippen LogP contribution in [0.25, 0.3) is 0 Å². The zero-order valence-corrected chi connectivity index (χ0v) is 10.9. The van der Waals surface area contributed by atoms with Crippen LogP contribution in [0.15, 0.2) is 18.2 Å². The number of amides is 1. The molecule has 2 N–H and O–H groups in total. The highest BCUT2D eigenvalue weighted by Crippen LogP contribution is 2.17. The molecule has 0 saturated carbocycles. The molecule has 0 aliphatic rings. The molecule has 0 heterocycles.